The molecular formula is C18H15F3N4O3S. The van der Waals surface area contributed by atoms with E-state index >= 15 is 0 Å². The van der Waals surface area contributed by atoms with Gasteiger partial charge in [-0.15, -0.1) is 0 Å². The third-order valence-corrected chi connectivity index (χ3v) is 5.20. The number of nitrogens with one attached hydrogen (secondary N) is 2. The molecule has 2 aliphatic rings. The van der Waals surface area contributed by atoms with Crippen LogP contribution in [0.4, 0.5) is 18.9 Å². The molecule has 0 bridgehead atoms. The van der Waals surface area contributed by atoms with Crippen molar-refractivity contribution in [3.8, 4) is 0 Å². The molecule has 3 heterocycles. The van der Waals surface area contributed by atoms with Gasteiger partial charge in [0.1, 0.15) is 5.04 Å². The third kappa shape index (κ3) is 4.34. The fourth-order valence-electron chi connectivity index (χ4n) is 2.67. The molecule has 29 heavy (non-hydrogen) atoms. The summed E-state index contributed by atoms with van der Waals surface area (Å²) in [6, 6.07) is 8.62. The molecule has 1 amide bonds. The van der Waals surface area contributed by atoms with Crippen molar-refractivity contribution in [2.75, 3.05) is 12.4 Å². The highest BCUT2D eigenvalue weighted by molar-refractivity contribution is 8.16. The number of hydrogen-bond donors (Lipinski definition) is 2. The minimum atomic E-state index is -4.00. The average Bonchev–Trinajstić information content (AvgIpc) is 3.24. The SMILES string of the molecule is CC(F)(F)F.COC(=O)c1ccc2c(c1)C1(NN=C(c3ccncc3)S1)C(=O)N2. The number of halogens is 3. The highest BCUT2D eigenvalue weighted by Crippen LogP contribution is 2.48. The molecule has 0 saturated heterocycles. The Morgan fingerprint density at radius 3 is 2.48 bits per heavy atom. The number of anilines is 1. The van der Waals surface area contributed by atoms with Gasteiger partial charge in [-0.1, -0.05) is 11.8 Å². The molecule has 11 heteroatoms. The highest BCUT2D eigenvalue weighted by Gasteiger charge is 2.52. The predicted molar refractivity (Wildman–Crippen MR) is 101 cm³/mol. The quantitative estimate of drug-likeness (QED) is 0.719. The van der Waals surface area contributed by atoms with E-state index in [4.69, 9.17) is 4.74 Å². The van der Waals surface area contributed by atoms with Gasteiger partial charge in [0.25, 0.3) is 5.91 Å². The first-order chi connectivity index (χ1) is 13.6. The largest absolute Gasteiger partial charge is 0.465 e. The van der Waals surface area contributed by atoms with Gasteiger partial charge in [-0.05, 0) is 30.3 Å². The number of carbonyl (C=O) groups is 2. The molecule has 0 aliphatic carbocycles. The first-order valence-electron chi connectivity index (χ1n) is 8.19. The number of hydrazone groups is 1. The zero-order chi connectivity index (χ0) is 21.2. The van der Waals surface area contributed by atoms with Gasteiger partial charge in [-0.3, -0.25) is 15.2 Å². The number of aromatic nitrogens is 1. The highest BCUT2D eigenvalue weighted by atomic mass is 32.2. The van der Waals surface area contributed by atoms with Crippen LogP contribution in [0.1, 0.15) is 28.4 Å². The monoisotopic (exact) mass is 424 g/mol. The second kappa shape index (κ2) is 7.74. The van der Waals surface area contributed by atoms with Crippen LogP contribution in [-0.4, -0.2) is 35.2 Å². The lowest BCUT2D eigenvalue weighted by Crippen LogP contribution is -2.39. The first-order valence-corrected chi connectivity index (χ1v) is 9.01. The molecule has 1 aromatic heterocycles. The van der Waals surface area contributed by atoms with Crippen molar-refractivity contribution >= 4 is 34.4 Å². The fourth-order valence-corrected chi connectivity index (χ4v) is 3.82. The third-order valence-electron chi connectivity index (χ3n) is 3.88. The van der Waals surface area contributed by atoms with Crippen molar-refractivity contribution in [2.24, 2.45) is 5.10 Å². The van der Waals surface area contributed by atoms with Gasteiger partial charge in [0.15, 0.2) is 0 Å². The number of amides is 1. The fraction of sp³-hybridized carbons (Fsp3) is 0.222. The summed E-state index contributed by atoms with van der Waals surface area (Å²) in [7, 11) is 1.32. The van der Waals surface area contributed by atoms with E-state index in [0.29, 0.717) is 21.9 Å². The van der Waals surface area contributed by atoms with E-state index in [9.17, 15) is 22.8 Å². The number of carbonyl (C=O) groups excluding carboxylic acids is 2. The number of alkyl halides is 3. The smallest absolute Gasteiger partial charge is 0.386 e. The Morgan fingerprint density at radius 2 is 1.86 bits per heavy atom. The molecule has 1 spiro atoms. The van der Waals surface area contributed by atoms with Gasteiger partial charge in [0, 0.05) is 36.1 Å². The van der Waals surface area contributed by atoms with Crippen molar-refractivity contribution in [1.29, 1.82) is 0 Å². The lowest BCUT2D eigenvalue weighted by Gasteiger charge is -2.20. The van der Waals surface area contributed by atoms with Gasteiger partial charge in [-0.25, -0.2) is 4.79 Å². The lowest BCUT2D eigenvalue weighted by atomic mass is 10.0. The Kier molecular flexibility index (Phi) is 5.51. The number of hydrogen-bond acceptors (Lipinski definition) is 7. The number of rotatable bonds is 2. The molecule has 152 valence electrons. The molecule has 2 aliphatic heterocycles. The first kappa shape index (κ1) is 20.6. The average molecular weight is 424 g/mol. The van der Waals surface area contributed by atoms with Crippen LogP contribution in [0.5, 0.6) is 0 Å². The maximum absolute atomic E-state index is 12.6. The standard InChI is InChI=1S/C16H12N4O3S.C2H3F3/c1-23-14(21)10-2-3-12-11(8-10)16(15(22)18-12)20-19-13(24-16)9-4-6-17-7-5-9;1-2(3,4)5/h2-8,20H,1H3,(H,18,22);1H3. The van der Waals surface area contributed by atoms with Crippen LogP contribution in [0.15, 0.2) is 47.8 Å². The topological polar surface area (TPSA) is 92.7 Å². The van der Waals surface area contributed by atoms with Crippen molar-refractivity contribution in [3.63, 3.8) is 0 Å². The molecule has 2 N–H and O–H groups in total. The van der Waals surface area contributed by atoms with Crippen molar-refractivity contribution < 1.29 is 27.5 Å². The Morgan fingerprint density at radius 1 is 1.21 bits per heavy atom. The number of thioether (sulfide) groups is 1. The van der Waals surface area contributed by atoms with Crippen molar-refractivity contribution in [1.82, 2.24) is 10.4 Å². The Balaban J connectivity index is 0.000000431. The van der Waals surface area contributed by atoms with E-state index in [-0.39, 0.29) is 12.8 Å². The van der Waals surface area contributed by atoms with E-state index in [1.165, 1.54) is 18.9 Å². The van der Waals surface area contributed by atoms with Gasteiger partial charge < -0.3 is 10.1 Å². The molecule has 0 fully saturated rings. The van der Waals surface area contributed by atoms with E-state index in [1.807, 2.05) is 12.1 Å². The Labute approximate surface area is 167 Å². The van der Waals surface area contributed by atoms with Crippen LogP contribution < -0.4 is 10.7 Å². The number of benzene rings is 1. The number of methoxy groups -OCH3 is 1. The second-order valence-corrected chi connectivity index (χ2v) is 7.24. The predicted octanol–water partition coefficient (Wildman–Crippen LogP) is 3.24. The van der Waals surface area contributed by atoms with Gasteiger partial charge in [-0.2, -0.15) is 18.3 Å². The number of nitrogens with zero attached hydrogens (tertiary/aromatic N) is 2. The van der Waals surface area contributed by atoms with Crippen LogP contribution in [0.3, 0.4) is 0 Å². The maximum Gasteiger partial charge on any atom is 0.386 e. The number of ether oxygens (including phenoxy) is 1. The molecule has 0 saturated carbocycles. The van der Waals surface area contributed by atoms with Gasteiger partial charge in [0.05, 0.1) is 12.7 Å². The molecule has 7 nitrogen and oxygen atoms in total. The van der Waals surface area contributed by atoms with Crippen LogP contribution in [0.2, 0.25) is 0 Å². The Hall–Kier alpha value is -3.08. The summed E-state index contributed by atoms with van der Waals surface area (Å²) in [5.74, 6) is -0.678. The van der Waals surface area contributed by atoms with E-state index in [2.05, 4.69) is 20.8 Å². The summed E-state index contributed by atoms with van der Waals surface area (Å²) < 4.78 is 35.8. The number of pyridine rings is 1. The molecule has 2 aromatic rings. The van der Waals surface area contributed by atoms with E-state index < -0.39 is 17.0 Å². The molecule has 1 unspecified atom stereocenters. The molecule has 0 radical (unpaired) electrons. The Bertz CT molecular complexity index is 976. The summed E-state index contributed by atoms with van der Waals surface area (Å²) >= 11 is 1.30. The summed E-state index contributed by atoms with van der Waals surface area (Å²) in [6.07, 6.45) is -0.664. The second-order valence-electron chi connectivity index (χ2n) is 6.04. The molecule has 1 aromatic carbocycles. The van der Waals surface area contributed by atoms with Crippen LogP contribution in [0, 0.1) is 0 Å². The molecular weight excluding hydrogens is 409 g/mol. The minimum absolute atomic E-state index is 0.188. The lowest BCUT2D eigenvalue weighted by molar-refractivity contribution is -0.118. The summed E-state index contributed by atoms with van der Waals surface area (Å²) in [5, 5.41) is 7.82. The van der Waals surface area contributed by atoms with E-state index in [1.54, 1.807) is 30.6 Å². The summed E-state index contributed by atoms with van der Waals surface area (Å²) in [6.45, 7) is 0.188. The summed E-state index contributed by atoms with van der Waals surface area (Å²) in [4.78, 5) is 27.3. The van der Waals surface area contributed by atoms with Crippen LogP contribution in [-0.2, 0) is 14.4 Å². The summed E-state index contributed by atoms with van der Waals surface area (Å²) in [5.41, 5.74) is 5.50. The van der Waals surface area contributed by atoms with E-state index in [0.717, 1.165) is 5.56 Å². The van der Waals surface area contributed by atoms with Crippen molar-refractivity contribution in [3.05, 3.63) is 59.4 Å². The van der Waals surface area contributed by atoms with Crippen LogP contribution in [0.25, 0.3) is 0 Å². The van der Waals surface area contributed by atoms with Crippen LogP contribution >= 0.6 is 11.8 Å². The van der Waals surface area contributed by atoms with Crippen molar-refractivity contribution in [2.45, 2.75) is 18.0 Å². The minimum Gasteiger partial charge on any atom is -0.465 e. The number of esters is 1. The molecule has 4 rings (SSSR count). The normalized spacial score (nSPS) is 19.5. The zero-order valence-corrected chi connectivity index (χ0v) is 16.0. The molecule has 1 atom stereocenters. The number of fused-ring (bicyclic) bond motifs is 2. The van der Waals surface area contributed by atoms with Gasteiger partial charge >= 0.3 is 12.1 Å². The zero-order valence-electron chi connectivity index (χ0n) is 15.2. The maximum atomic E-state index is 12.6. The van der Waals surface area contributed by atoms with Gasteiger partial charge in [0.2, 0.25) is 4.87 Å².